The Bertz CT molecular complexity index is 593. The topological polar surface area (TPSA) is 70.3 Å². The minimum absolute atomic E-state index is 0.0720. The predicted molar refractivity (Wildman–Crippen MR) is 104 cm³/mol. The molecule has 0 aromatic heterocycles. The first-order valence-corrected chi connectivity index (χ1v) is 10.5. The van der Waals surface area contributed by atoms with E-state index in [0.29, 0.717) is 16.4 Å². The molecule has 4 aliphatic rings. The van der Waals surface area contributed by atoms with E-state index in [4.69, 9.17) is 18.0 Å². The first-order chi connectivity index (χ1) is 11.8. The van der Waals surface area contributed by atoms with E-state index >= 15 is 0 Å². The highest BCUT2D eigenvalue weighted by Gasteiger charge is 2.59. The highest BCUT2D eigenvalue weighted by molar-refractivity contribution is 7.80. The van der Waals surface area contributed by atoms with Gasteiger partial charge in [0.15, 0.2) is 5.11 Å². The van der Waals surface area contributed by atoms with Crippen molar-refractivity contribution in [3.8, 4) is 0 Å². The van der Waals surface area contributed by atoms with Crippen molar-refractivity contribution < 1.29 is 5.11 Å². The minimum atomic E-state index is -0.0720. The molecule has 4 aliphatic carbocycles. The Balaban J connectivity index is 1.54. The Morgan fingerprint density at radius 3 is 2.64 bits per heavy atom. The van der Waals surface area contributed by atoms with Gasteiger partial charge in [-0.2, -0.15) is 0 Å². The van der Waals surface area contributed by atoms with Crippen molar-refractivity contribution in [2.45, 2.75) is 71.3 Å². The highest BCUT2D eigenvalue weighted by Crippen LogP contribution is 2.65. The molecule has 5 heteroatoms. The zero-order valence-electron chi connectivity index (χ0n) is 15.6. The molecule has 0 radical (unpaired) electrons. The van der Waals surface area contributed by atoms with E-state index in [0.717, 1.165) is 30.6 Å². The third kappa shape index (κ3) is 2.69. The van der Waals surface area contributed by atoms with Crippen LogP contribution < -0.4 is 16.6 Å². The Morgan fingerprint density at radius 2 is 1.88 bits per heavy atom. The standard InChI is InChI=1S/C20H33N3OS/c1-19-9-7-13(22-23-18(21)25)11-12(19)3-4-14-15-5-6-17(24)20(15,2)10-8-16(14)19/h11-12,14-17,22,24H,3-10H2,1-2H3,(H3,21,23,25)/t12-,14-,15-,16+,17+,19-,20+/m1/s1. The van der Waals surface area contributed by atoms with Crippen molar-refractivity contribution >= 4 is 17.3 Å². The van der Waals surface area contributed by atoms with Crippen LogP contribution in [0.15, 0.2) is 11.8 Å². The van der Waals surface area contributed by atoms with Gasteiger partial charge in [0.25, 0.3) is 0 Å². The van der Waals surface area contributed by atoms with Crippen LogP contribution in [0.3, 0.4) is 0 Å². The number of nitrogens with one attached hydrogen (secondary N) is 2. The third-order valence-corrected chi connectivity index (χ3v) is 8.68. The van der Waals surface area contributed by atoms with Gasteiger partial charge >= 0.3 is 0 Å². The Hall–Kier alpha value is -0.810. The van der Waals surface area contributed by atoms with Crippen LogP contribution in [-0.2, 0) is 0 Å². The van der Waals surface area contributed by atoms with E-state index in [9.17, 15) is 5.11 Å². The second-order valence-corrected chi connectivity index (χ2v) is 9.95. The van der Waals surface area contributed by atoms with Crippen molar-refractivity contribution in [2.75, 3.05) is 0 Å². The Kier molecular flexibility index (Phi) is 4.31. The largest absolute Gasteiger partial charge is 0.393 e. The molecule has 0 unspecified atom stereocenters. The molecule has 140 valence electrons. The van der Waals surface area contributed by atoms with Gasteiger partial charge in [0, 0.05) is 5.70 Å². The molecule has 0 aromatic rings. The summed E-state index contributed by atoms with van der Waals surface area (Å²) in [5, 5.41) is 10.9. The van der Waals surface area contributed by atoms with Gasteiger partial charge in [-0.25, -0.2) is 0 Å². The lowest BCUT2D eigenvalue weighted by molar-refractivity contribution is -0.105. The fraction of sp³-hybridized carbons (Fsp3) is 0.850. The monoisotopic (exact) mass is 363 g/mol. The average Bonchev–Trinajstić information content (AvgIpc) is 2.88. The van der Waals surface area contributed by atoms with E-state index in [2.05, 4.69) is 30.8 Å². The molecule has 25 heavy (non-hydrogen) atoms. The number of fused-ring (bicyclic) bond motifs is 5. The van der Waals surface area contributed by atoms with E-state index in [1.165, 1.54) is 44.2 Å². The maximum atomic E-state index is 10.6. The van der Waals surface area contributed by atoms with Crippen molar-refractivity contribution in [2.24, 2.45) is 40.2 Å². The first-order valence-electron chi connectivity index (χ1n) is 10.0. The molecule has 0 amide bonds. The SMILES string of the molecule is C[C@]12CC[C@H]3[C@H](CC[C@@H]4C=C(NNC(N)=S)CC[C@]43C)[C@H]1CC[C@@H]2O. The lowest BCUT2D eigenvalue weighted by atomic mass is 9.46. The van der Waals surface area contributed by atoms with Gasteiger partial charge < -0.3 is 16.3 Å². The first kappa shape index (κ1) is 17.6. The maximum absolute atomic E-state index is 10.6. The number of allylic oxidation sites excluding steroid dienone is 2. The molecular weight excluding hydrogens is 330 g/mol. The number of aliphatic hydroxyl groups is 1. The maximum Gasteiger partial charge on any atom is 0.182 e. The molecule has 7 atom stereocenters. The fourth-order valence-electron chi connectivity index (χ4n) is 7.08. The summed E-state index contributed by atoms with van der Waals surface area (Å²) in [5.41, 5.74) is 13.5. The molecule has 3 saturated carbocycles. The fourth-order valence-corrected chi connectivity index (χ4v) is 7.13. The second kappa shape index (κ2) is 6.12. The van der Waals surface area contributed by atoms with E-state index in [1.807, 2.05) is 0 Å². The van der Waals surface area contributed by atoms with Crippen LogP contribution in [0, 0.1) is 34.5 Å². The number of rotatable bonds is 2. The second-order valence-electron chi connectivity index (χ2n) is 9.51. The van der Waals surface area contributed by atoms with Gasteiger partial charge in [0.1, 0.15) is 0 Å². The minimum Gasteiger partial charge on any atom is -0.393 e. The molecular formula is C20H33N3OS. The third-order valence-electron chi connectivity index (χ3n) is 8.57. The molecule has 4 nitrogen and oxygen atoms in total. The van der Waals surface area contributed by atoms with Crippen LogP contribution in [0.4, 0.5) is 0 Å². The smallest absolute Gasteiger partial charge is 0.182 e. The number of nitrogens with two attached hydrogens (primary N) is 1. The quantitative estimate of drug-likeness (QED) is 0.448. The summed E-state index contributed by atoms with van der Waals surface area (Å²) in [5.74, 6) is 3.01. The molecule has 4 rings (SSSR count). The predicted octanol–water partition coefficient (Wildman–Crippen LogP) is 3.22. The highest BCUT2D eigenvalue weighted by atomic mass is 32.1. The summed E-state index contributed by atoms with van der Waals surface area (Å²) < 4.78 is 0. The molecule has 0 bridgehead atoms. The van der Waals surface area contributed by atoms with Crippen LogP contribution in [0.25, 0.3) is 0 Å². The summed E-state index contributed by atoms with van der Waals surface area (Å²) in [4.78, 5) is 0. The van der Waals surface area contributed by atoms with E-state index in [-0.39, 0.29) is 11.5 Å². The molecule has 3 fully saturated rings. The number of thiocarbonyl (C=S) groups is 1. The van der Waals surface area contributed by atoms with Crippen LogP contribution >= 0.6 is 12.2 Å². The summed E-state index contributed by atoms with van der Waals surface area (Å²) in [6.45, 7) is 4.90. The van der Waals surface area contributed by atoms with E-state index in [1.54, 1.807) is 0 Å². The van der Waals surface area contributed by atoms with Crippen LogP contribution in [-0.4, -0.2) is 16.3 Å². The normalized spacial score (nSPS) is 48.6. The van der Waals surface area contributed by atoms with Crippen LogP contribution in [0.1, 0.15) is 65.2 Å². The van der Waals surface area contributed by atoms with Crippen molar-refractivity contribution in [3.05, 3.63) is 11.8 Å². The van der Waals surface area contributed by atoms with Gasteiger partial charge in [-0.3, -0.25) is 5.43 Å². The van der Waals surface area contributed by atoms with E-state index < -0.39 is 0 Å². The average molecular weight is 364 g/mol. The number of hydrazine groups is 1. The summed E-state index contributed by atoms with van der Waals surface area (Å²) >= 11 is 4.90. The molecule has 0 aliphatic heterocycles. The summed E-state index contributed by atoms with van der Waals surface area (Å²) in [7, 11) is 0. The van der Waals surface area contributed by atoms with Crippen molar-refractivity contribution in [3.63, 3.8) is 0 Å². The lowest BCUT2D eigenvalue weighted by Crippen LogP contribution is -2.53. The number of hydrogen-bond donors (Lipinski definition) is 4. The number of hydrogen-bond acceptors (Lipinski definition) is 3. The summed E-state index contributed by atoms with van der Waals surface area (Å²) in [6.07, 6.45) is 12.0. The van der Waals surface area contributed by atoms with Gasteiger partial charge in [-0.05, 0) is 98.1 Å². The molecule has 0 heterocycles. The lowest BCUT2D eigenvalue weighted by Gasteiger charge is -2.59. The van der Waals surface area contributed by atoms with Crippen LogP contribution in [0.5, 0.6) is 0 Å². The Morgan fingerprint density at radius 1 is 1.12 bits per heavy atom. The van der Waals surface area contributed by atoms with Crippen molar-refractivity contribution in [1.29, 1.82) is 0 Å². The van der Waals surface area contributed by atoms with Gasteiger partial charge in [0.2, 0.25) is 0 Å². The zero-order chi connectivity index (χ0) is 17.8. The van der Waals surface area contributed by atoms with Gasteiger partial charge in [-0.1, -0.05) is 19.9 Å². The number of aliphatic hydroxyl groups excluding tert-OH is 1. The molecule has 5 N–H and O–H groups in total. The summed E-state index contributed by atoms with van der Waals surface area (Å²) in [6, 6.07) is 0. The van der Waals surface area contributed by atoms with Crippen LogP contribution in [0.2, 0.25) is 0 Å². The van der Waals surface area contributed by atoms with Crippen molar-refractivity contribution in [1.82, 2.24) is 10.9 Å². The molecule has 0 spiro atoms. The van der Waals surface area contributed by atoms with Gasteiger partial charge in [-0.15, -0.1) is 0 Å². The van der Waals surface area contributed by atoms with Gasteiger partial charge in [0.05, 0.1) is 6.10 Å². The zero-order valence-corrected chi connectivity index (χ0v) is 16.4. The molecule has 0 saturated heterocycles. The molecule has 0 aromatic carbocycles. The Labute approximate surface area is 157 Å².